The molecule has 224 valence electrons. The van der Waals surface area contributed by atoms with Gasteiger partial charge in [0.25, 0.3) is 5.91 Å². The first-order chi connectivity index (χ1) is 19.5. The second-order valence-electron chi connectivity index (χ2n) is 14.1. The molecular weight excluding hydrogens is 510 g/mol. The molecule has 5 rings (SSSR count). The van der Waals surface area contributed by atoms with Crippen LogP contribution in [0.25, 0.3) is 0 Å². The standard InChI is InChI=1S/C36H51NO4/c1-24(20-29-23-36(4,41)34(40)37(29)19-9-12-26-10-6-5-7-11-26)31-16-17-32-27(13-8-18-35(31,32)3)14-15-28-21-30(38)22-33(39)25(28)2/h5-7,10-11,14-15,24,29-33,38-39,41H,2,8-9,12-13,16-23H2,1,3-4H3/b27-14+,28-15-/t24-,29+,30-,31-,32?,33+,35-,36-/m1/s1. The SMILES string of the molecule is C=C1/C(=C\C=C2/CCC[C@@]3(C)C2CC[C@@H]3[C@H](C)C[C@H]2C[C@@](C)(O)C(=O)N2CCCc2ccccc2)C[C@@H](O)C[C@@H]1O. The van der Waals surface area contributed by atoms with Crippen LogP contribution in [0.15, 0.2) is 65.8 Å². The fourth-order valence-electron chi connectivity index (χ4n) is 9.00. The van der Waals surface area contributed by atoms with Crippen molar-refractivity contribution in [2.45, 2.75) is 115 Å². The molecule has 1 aromatic rings. The van der Waals surface area contributed by atoms with E-state index in [4.69, 9.17) is 0 Å². The molecule has 4 fully saturated rings. The first kappa shape index (κ1) is 30.3. The third kappa shape index (κ3) is 6.28. The summed E-state index contributed by atoms with van der Waals surface area (Å²) in [5.74, 6) is 1.50. The first-order valence-electron chi connectivity index (χ1n) is 16.0. The number of benzene rings is 1. The lowest BCUT2D eigenvalue weighted by Gasteiger charge is -2.45. The molecule has 1 aliphatic heterocycles. The number of hydrogen-bond donors (Lipinski definition) is 3. The average molecular weight is 562 g/mol. The van der Waals surface area contributed by atoms with Crippen molar-refractivity contribution in [2.24, 2.45) is 23.2 Å². The van der Waals surface area contributed by atoms with Crippen LogP contribution in [0.2, 0.25) is 0 Å². The molecule has 3 saturated carbocycles. The number of aryl methyl sites for hydroxylation is 1. The molecule has 0 radical (unpaired) electrons. The number of carbonyl (C=O) groups is 1. The molecule has 1 amide bonds. The molecule has 41 heavy (non-hydrogen) atoms. The quantitative estimate of drug-likeness (QED) is 0.356. The van der Waals surface area contributed by atoms with Crippen LogP contribution in [0.4, 0.5) is 0 Å². The number of rotatable bonds is 8. The van der Waals surface area contributed by atoms with Crippen LogP contribution < -0.4 is 0 Å². The van der Waals surface area contributed by atoms with Crippen LogP contribution in [0.5, 0.6) is 0 Å². The van der Waals surface area contributed by atoms with Gasteiger partial charge in [-0.3, -0.25) is 4.79 Å². The maximum absolute atomic E-state index is 13.2. The van der Waals surface area contributed by atoms with Crippen molar-refractivity contribution < 1.29 is 20.1 Å². The number of fused-ring (bicyclic) bond motifs is 1. The van der Waals surface area contributed by atoms with Crippen molar-refractivity contribution in [2.75, 3.05) is 6.54 Å². The number of aliphatic hydroxyl groups is 3. The summed E-state index contributed by atoms with van der Waals surface area (Å²) >= 11 is 0. The van der Waals surface area contributed by atoms with Gasteiger partial charge in [0, 0.05) is 25.4 Å². The summed E-state index contributed by atoms with van der Waals surface area (Å²) < 4.78 is 0. The Hall–Kier alpha value is -2.21. The summed E-state index contributed by atoms with van der Waals surface area (Å²) in [6.07, 6.45) is 13.4. The number of likely N-dealkylation sites (tertiary alicyclic amines) is 1. The van der Waals surface area contributed by atoms with Crippen LogP contribution in [0.1, 0.15) is 90.5 Å². The van der Waals surface area contributed by atoms with Crippen LogP contribution in [-0.2, 0) is 11.2 Å². The Kier molecular flexibility index (Phi) is 8.99. The Morgan fingerprint density at radius 1 is 1.15 bits per heavy atom. The minimum absolute atomic E-state index is 0.0874. The van der Waals surface area contributed by atoms with E-state index >= 15 is 0 Å². The predicted molar refractivity (Wildman–Crippen MR) is 164 cm³/mol. The van der Waals surface area contributed by atoms with Crippen molar-refractivity contribution in [3.63, 3.8) is 0 Å². The molecule has 0 aromatic heterocycles. The molecule has 1 heterocycles. The number of allylic oxidation sites excluding steroid dienone is 3. The zero-order chi connectivity index (χ0) is 29.4. The molecule has 5 heteroatoms. The number of aliphatic hydroxyl groups excluding tert-OH is 2. The van der Waals surface area contributed by atoms with Gasteiger partial charge in [0.05, 0.1) is 12.2 Å². The Balaban J connectivity index is 1.26. The van der Waals surface area contributed by atoms with Crippen molar-refractivity contribution in [3.8, 4) is 0 Å². The van der Waals surface area contributed by atoms with Crippen molar-refractivity contribution in [1.82, 2.24) is 4.90 Å². The maximum atomic E-state index is 13.2. The molecule has 1 unspecified atom stereocenters. The summed E-state index contributed by atoms with van der Waals surface area (Å²) in [4.78, 5) is 15.2. The van der Waals surface area contributed by atoms with Gasteiger partial charge < -0.3 is 20.2 Å². The highest BCUT2D eigenvalue weighted by atomic mass is 16.3. The Bertz CT molecular complexity index is 1170. The fourth-order valence-corrected chi connectivity index (χ4v) is 9.00. The van der Waals surface area contributed by atoms with Crippen molar-refractivity contribution >= 4 is 5.91 Å². The van der Waals surface area contributed by atoms with E-state index in [2.05, 4.69) is 56.8 Å². The molecule has 1 aromatic carbocycles. The lowest BCUT2D eigenvalue weighted by Crippen LogP contribution is -2.41. The molecule has 3 aliphatic carbocycles. The highest BCUT2D eigenvalue weighted by Gasteiger charge is 2.53. The summed E-state index contributed by atoms with van der Waals surface area (Å²) in [6, 6.07) is 10.5. The van der Waals surface area contributed by atoms with Crippen LogP contribution in [-0.4, -0.2) is 56.5 Å². The maximum Gasteiger partial charge on any atom is 0.254 e. The predicted octanol–water partition coefficient (Wildman–Crippen LogP) is 6.14. The second kappa shape index (κ2) is 12.2. The van der Waals surface area contributed by atoms with Gasteiger partial charge >= 0.3 is 0 Å². The highest BCUT2D eigenvalue weighted by Crippen LogP contribution is 2.60. The Morgan fingerprint density at radius 3 is 2.66 bits per heavy atom. The summed E-state index contributed by atoms with van der Waals surface area (Å²) in [6.45, 7) is 11.4. The number of amides is 1. The van der Waals surface area contributed by atoms with Gasteiger partial charge in [-0.2, -0.15) is 0 Å². The van der Waals surface area contributed by atoms with Gasteiger partial charge in [-0.15, -0.1) is 0 Å². The number of nitrogens with zero attached hydrogens (tertiary/aromatic N) is 1. The number of carbonyl (C=O) groups excluding carboxylic acids is 1. The van der Waals surface area contributed by atoms with Crippen molar-refractivity contribution in [1.29, 1.82) is 0 Å². The van der Waals surface area contributed by atoms with E-state index < -0.39 is 17.8 Å². The topological polar surface area (TPSA) is 81.0 Å². The van der Waals surface area contributed by atoms with Gasteiger partial charge in [0.15, 0.2) is 0 Å². The van der Waals surface area contributed by atoms with E-state index in [9.17, 15) is 20.1 Å². The van der Waals surface area contributed by atoms with E-state index in [1.165, 1.54) is 36.8 Å². The van der Waals surface area contributed by atoms with E-state index in [1.54, 1.807) is 6.92 Å². The molecule has 4 aliphatic rings. The molecular formula is C36H51NO4. The minimum atomic E-state index is -1.27. The second-order valence-corrected chi connectivity index (χ2v) is 14.1. The smallest absolute Gasteiger partial charge is 0.254 e. The molecule has 1 saturated heterocycles. The Labute approximate surface area is 247 Å². The third-order valence-electron chi connectivity index (χ3n) is 11.1. The zero-order valence-corrected chi connectivity index (χ0v) is 25.4. The third-order valence-corrected chi connectivity index (χ3v) is 11.1. The normalized spacial score (nSPS) is 38.6. The lowest BCUT2D eigenvalue weighted by molar-refractivity contribution is -0.142. The Morgan fingerprint density at radius 2 is 1.90 bits per heavy atom. The summed E-state index contributed by atoms with van der Waals surface area (Å²) in [7, 11) is 0. The highest BCUT2D eigenvalue weighted by molar-refractivity contribution is 5.87. The molecule has 0 bridgehead atoms. The van der Waals surface area contributed by atoms with Gasteiger partial charge in [-0.25, -0.2) is 0 Å². The van der Waals surface area contributed by atoms with Gasteiger partial charge in [0.1, 0.15) is 5.60 Å². The largest absolute Gasteiger partial charge is 0.393 e. The van der Waals surface area contributed by atoms with Crippen LogP contribution in [0, 0.1) is 23.2 Å². The minimum Gasteiger partial charge on any atom is -0.393 e. The van der Waals surface area contributed by atoms with Crippen molar-refractivity contribution in [3.05, 3.63) is 71.3 Å². The lowest BCUT2D eigenvalue weighted by atomic mass is 9.60. The van der Waals surface area contributed by atoms with Crippen LogP contribution >= 0.6 is 0 Å². The summed E-state index contributed by atoms with van der Waals surface area (Å²) in [5, 5.41) is 31.4. The molecule has 0 spiro atoms. The first-order valence-corrected chi connectivity index (χ1v) is 16.0. The van der Waals surface area contributed by atoms with E-state index in [-0.39, 0.29) is 17.4 Å². The van der Waals surface area contributed by atoms with Crippen LogP contribution in [0.3, 0.4) is 0 Å². The van der Waals surface area contributed by atoms with E-state index in [0.717, 1.165) is 36.8 Å². The van der Waals surface area contributed by atoms with E-state index in [0.29, 0.717) is 43.6 Å². The van der Waals surface area contributed by atoms with Gasteiger partial charge in [-0.05, 0) is 105 Å². The monoisotopic (exact) mass is 561 g/mol. The van der Waals surface area contributed by atoms with Gasteiger partial charge in [0.2, 0.25) is 0 Å². The van der Waals surface area contributed by atoms with Gasteiger partial charge in [-0.1, -0.05) is 68.5 Å². The van der Waals surface area contributed by atoms with E-state index in [1.807, 2.05) is 11.0 Å². The molecule has 3 N–H and O–H groups in total. The molecule has 8 atom stereocenters. The number of hydrogen-bond acceptors (Lipinski definition) is 4. The fraction of sp³-hybridized carbons (Fsp3) is 0.639. The molecule has 5 nitrogen and oxygen atoms in total. The summed E-state index contributed by atoms with van der Waals surface area (Å²) in [5.41, 5.74) is 3.48. The average Bonchev–Trinajstić information content (AvgIpc) is 3.39. The zero-order valence-electron chi connectivity index (χ0n) is 25.4.